The molecule has 2 aromatic heterocycles. The number of carbonyl (C=O) groups excluding carboxylic acids is 1. The first kappa shape index (κ1) is 15.5. The van der Waals surface area contributed by atoms with Crippen LogP contribution in [-0.2, 0) is 17.8 Å². The van der Waals surface area contributed by atoms with E-state index in [2.05, 4.69) is 20.3 Å². The van der Waals surface area contributed by atoms with Crippen molar-refractivity contribution in [2.24, 2.45) is 5.92 Å². The largest absolute Gasteiger partial charge is 0.372 e. The number of hydrogen-bond donors (Lipinski definition) is 1. The summed E-state index contributed by atoms with van der Waals surface area (Å²) in [5.74, 6) is 1.41. The number of piperidine rings is 1. The minimum Gasteiger partial charge on any atom is -0.372 e. The standard InChI is InChI=1S/C16H22N6O/c1-17-16-14(19-4-5-20-16)9-13-3-2-7-22(10-13)15(23)11-21-8-6-18-12-21/h4-6,8,12-13H,2-3,7,9-11H2,1H3,(H,17,20)/t13-/m0/s1. The molecule has 0 radical (unpaired) electrons. The SMILES string of the molecule is CNc1nccnc1C[C@@H]1CCCN(C(=O)Cn2ccnc2)C1. The highest BCUT2D eigenvalue weighted by molar-refractivity contribution is 5.76. The van der Waals surface area contributed by atoms with Crippen molar-refractivity contribution >= 4 is 11.7 Å². The molecule has 1 amide bonds. The highest BCUT2D eigenvalue weighted by Gasteiger charge is 2.25. The average molecular weight is 314 g/mol. The van der Waals surface area contributed by atoms with Gasteiger partial charge in [0.25, 0.3) is 0 Å². The number of nitrogens with zero attached hydrogens (tertiary/aromatic N) is 5. The molecule has 3 rings (SSSR count). The van der Waals surface area contributed by atoms with Crippen LogP contribution in [-0.4, -0.2) is 50.5 Å². The monoisotopic (exact) mass is 314 g/mol. The van der Waals surface area contributed by atoms with E-state index in [0.29, 0.717) is 12.5 Å². The van der Waals surface area contributed by atoms with Crippen molar-refractivity contribution in [3.63, 3.8) is 0 Å². The van der Waals surface area contributed by atoms with E-state index in [-0.39, 0.29) is 5.91 Å². The molecule has 7 heteroatoms. The molecule has 122 valence electrons. The van der Waals surface area contributed by atoms with Gasteiger partial charge in [0.1, 0.15) is 12.4 Å². The van der Waals surface area contributed by atoms with Crippen molar-refractivity contribution in [1.29, 1.82) is 0 Å². The Labute approximate surface area is 135 Å². The molecule has 0 saturated carbocycles. The molecule has 2 aromatic rings. The van der Waals surface area contributed by atoms with Crippen LogP contribution in [0.25, 0.3) is 0 Å². The number of nitrogens with one attached hydrogen (secondary N) is 1. The lowest BCUT2D eigenvalue weighted by atomic mass is 9.93. The summed E-state index contributed by atoms with van der Waals surface area (Å²) in [6.07, 6.45) is 11.6. The Morgan fingerprint density at radius 3 is 3.00 bits per heavy atom. The molecule has 0 aromatic carbocycles. The Kier molecular flexibility index (Phi) is 4.85. The molecular weight excluding hydrogens is 292 g/mol. The van der Waals surface area contributed by atoms with Crippen LogP contribution >= 0.6 is 0 Å². The Bertz CT molecular complexity index is 642. The summed E-state index contributed by atoms with van der Waals surface area (Å²) in [6.45, 7) is 1.98. The Morgan fingerprint density at radius 1 is 1.35 bits per heavy atom. The molecule has 0 bridgehead atoms. The molecule has 1 saturated heterocycles. The summed E-state index contributed by atoms with van der Waals surface area (Å²) in [4.78, 5) is 27.1. The third kappa shape index (κ3) is 3.85. The quantitative estimate of drug-likeness (QED) is 0.897. The maximum Gasteiger partial charge on any atom is 0.242 e. The number of aromatic nitrogens is 4. The van der Waals surface area contributed by atoms with Gasteiger partial charge in [0.15, 0.2) is 0 Å². The zero-order valence-corrected chi connectivity index (χ0v) is 13.4. The summed E-state index contributed by atoms with van der Waals surface area (Å²) in [7, 11) is 1.86. The van der Waals surface area contributed by atoms with Gasteiger partial charge in [0, 0.05) is 44.9 Å². The highest BCUT2D eigenvalue weighted by Crippen LogP contribution is 2.22. The molecule has 1 N–H and O–H groups in total. The molecular formula is C16H22N6O. The summed E-state index contributed by atoms with van der Waals surface area (Å²) >= 11 is 0. The molecule has 1 aliphatic rings. The lowest BCUT2D eigenvalue weighted by Crippen LogP contribution is -2.42. The lowest BCUT2D eigenvalue weighted by molar-refractivity contribution is -0.133. The predicted octanol–water partition coefficient (Wildman–Crippen LogP) is 1.20. The molecule has 3 heterocycles. The Morgan fingerprint density at radius 2 is 2.22 bits per heavy atom. The van der Waals surface area contributed by atoms with Gasteiger partial charge >= 0.3 is 0 Å². The smallest absolute Gasteiger partial charge is 0.242 e. The van der Waals surface area contributed by atoms with Crippen molar-refractivity contribution in [1.82, 2.24) is 24.4 Å². The molecule has 23 heavy (non-hydrogen) atoms. The number of carbonyl (C=O) groups is 1. The van der Waals surface area contributed by atoms with Crippen LogP contribution in [0, 0.1) is 5.92 Å². The van der Waals surface area contributed by atoms with Gasteiger partial charge in [0.2, 0.25) is 5.91 Å². The number of likely N-dealkylation sites (tertiary alicyclic amines) is 1. The minimum absolute atomic E-state index is 0.153. The Balaban J connectivity index is 1.60. The lowest BCUT2D eigenvalue weighted by Gasteiger charge is -2.33. The second kappa shape index (κ2) is 7.21. The maximum atomic E-state index is 12.4. The van der Waals surface area contributed by atoms with Gasteiger partial charge in [-0.2, -0.15) is 0 Å². The Hall–Kier alpha value is -2.44. The number of imidazole rings is 1. The number of rotatable bonds is 5. The van der Waals surface area contributed by atoms with Crippen LogP contribution in [0.5, 0.6) is 0 Å². The van der Waals surface area contributed by atoms with Crippen molar-refractivity contribution in [3.8, 4) is 0 Å². The van der Waals surface area contributed by atoms with Gasteiger partial charge in [-0.05, 0) is 25.2 Å². The van der Waals surface area contributed by atoms with E-state index in [4.69, 9.17) is 0 Å². The topological polar surface area (TPSA) is 75.9 Å². The summed E-state index contributed by atoms with van der Waals surface area (Å²) in [5.41, 5.74) is 0.976. The fourth-order valence-electron chi connectivity index (χ4n) is 3.09. The zero-order chi connectivity index (χ0) is 16.1. The number of amides is 1. The summed E-state index contributed by atoms with van der Waals surface area (Å²) in [6, 6.07) is 0. The van der Waals surface area contributed by atoms with Crippen LogP contribution in [0.2, 0.25) is 0 Å². The molecule has 0 unspecified atom stereocenters. The van der Waals surface area contributed by atoms with E-state index in [1.54, 1.807) is 24.9 Å². The third-order valence-corrected chi connectivity index (χ3v) is 4.24. The van der Waals surface area contributed by atoms with Crippen LogP contribution in [0.3, 0.4) is 0 Å². The average Bonchev–Trinajstić information content (AvgIpc) is 3.08. The van der Waals surface area contributed by atoms with Crippen LogP contribution in [0.4, 0.5) is 5.82 Å². The van der Waals surface area contributed by atoms with E-state index < -0.39 is 0 Å². The van der Waals surface area contributed by atoms with E-state index in [1.165, 1.54) is 0 Å². The minimum atomic E-state index is 0.153. The first-order chi connectivity index (χ1) is 11.3. The molecule has 0 spiro atoms. The molecule has 0 aliphatic carbocycles. The fourth-order valence-corrected chi connectivity index (χ4v) is 3.09. The van der Waals surface area contributed by atoms with Crippen LogP contribution < -0.4 is 5.32 Å². The first-order valence-corrected chi connectivity index (χ1v) is 7.97. The van der Waals surface area contributed by atoms with Gasteiger partial charge in [-0.1, -0.05) is 0 Å². The van der Waals surface area contributed by atoms with Crippen molar-refractivity contribution in [3.05, 3.63) is 36.8 Å². The molecule has 1 aliphatic heterocycles. The van der Waals surface area contributed by atoms with E-state index >= 15 is 0 Å². The molecule has 1 fully saturated rings. The van der Waals surface area contributed by atoms with Crippen molar-refractivity contribution in [2.45, 2.75) is 25.8 Å². The van der Waals surface area contributed by atoms with Gasteiger partial charge in [-0.25, -0.2) is 9.97 Å². The predicted molar refractivity (Wildman–Crippen MR) is 86.8 cm³/mol. The second-order valence-electron chi connectivity index (χ2n) is 5.89. The van der Waals surface area contributed by atoms with Crippen molar-refractivity contribution < 1.29 is 4.79 Å². The fraction of sp³-hybridized carbons (Fsp3) is 0.500. The van der Waals surface area contributed by atoms with E-state index in [9.17, 15) is 4.79 Å². The normalized spacial score (nSPS) is 18.0. The summed E-state index contributed by atoms with van der Waals surface area (Å²) in [5, 5.41) is 3.08. The molecule has 7 nitrogen and oxygen atoms in total. The first-order valence-electron chi connectivity index (χ1n) is 7.97. The maximum absolute atomic E-state index is 12.4. The number of anilines is 1. The number of hydrogen-bond acceptors (Lipinski definition) is 5. The van der Waals surface area contributed by atoms with Crippen molar-refractivity contribution in [2.75, 3.05) is 25.5 Å². The van der Waals surface area contributed by atoms with Crippen LogP contribution in [0.15, 0.2) is 31.1 Å². The third-order valence-electron chi connectivity index (χ3n) is 4.24. The zero-order valence-electron chi connectivity index (χ0n) is 13.4. The van der Waals surface area contributed by atoms with Crippen LogP contribution in [0.1, 0.15) is 18.5 Å². The summed E-state index contributed by atoms with van der Waals surface area (Å²) < 4.78 is 1.81. The van der Waals surface area contributed by atoms with E-state index in [1.807, 2.05) is 22.7 Å². The second-order valence-corrected chi connectivity index (χ2v) is 5.89. The van der Waals surface area contributed by atoms with Gasteiger partial charge in [-0.15, -0.1) is 0 Å². The molecule has 1 atom stereocenters. The highest BCUT2D eigenvalue weighted by atomic mass is 16.2. The van der Waals surface area contributed by atoms with Gasteiger partial charge in [0.05, 0.1) is 12.0 Å². The van der Waals surface area contributed by atoms with E-state index in [0.717, 1.165) is 43.9 Å². The van der Waals surface area contributed by atoms with Gasteiger partial charge in [-0.3, -0.25) is 9.78 Å². The van der Waals surface area contributed by atoms with Gasteiger partial charge < -0.3 is 14.8 Å².